The highest BCUT2D eigenvalue weighted by Crippen LogP contribution is 2.26. The highest BCUT2D eigenvalue weighted by molar-refractivity contribution is 7.98. The molecule has 0 fully saturated rings. The van der Waals surface area contributed by atoms with Gasteiger partial charge in [0.15, 0.2) is 0 Å². The van der Waals surface area contributed by atoms with Crippen molar-refractivity contribution in [1.29, 1.82) is 0 Å². The topological polar surface area (TPSA) is 46.2 Å². The van der Waals surface area contributed by atoms with E-state index < -0.39 is 10.0 Å². The summed E-state index contributed by atoms with van der Waals surface area (Å²) in [5.74, 6) is 1.09. The first kappa shape index (κ1) is 21.2. The number of hydrogen-bond donors (Lipinski definition) is 1. The van der Waals surface area contributed by atoms with Crippen LogP contribution in [0.2, 0.25) is 20.1 Å². The average Bonchev–Trinajstić information content (AvgIpc) is 2.54. The molecule has 0 heterocycles. The third kappa shape index (κ3) is 6.83. The Bertz CT molecular complexity index is 824. The molecule has 0 aromatic heterocycles. The smallest absolute Gasteiger partial charge is 0.214 e. The van der Waals surface area contributed by atoms with Crippen molar-refractivity contribution in [2.24, 2.45) is 0 Å². The van der Waals surface area contributed by atoms with Gasteiger partial charge in [-0.15, -0.1) is 0 Å². The van der Waals surface area contributed by atoms with Gasteiger partial charge >= 0.3 is 0 Å². The predicted octanol–water partition coefficient (Wildman–Crippen LogP) is 5.65. The molecule has 0 saturated heterocycles. The van der Waals surface area contributed by atoms with Crippen molar-refractivity contribution in [3.8, 4) is 0 Å². The van der Waals surface area contributed by atoms with Crippen molar-refractivity contribution in [1.82, 2.24) is 4.72 Å². The van der Waals surface area contributed by atoms with E-state index in [-0.39, 0.29) is 5.75 Å². The van der Waals surface area contributed by atoms with E-state index in [0.29, 0.717) is 38.0 Å². The molecule has 3 nitrogen and oxygen atoms in total. The van der Waals surface area contributed by atoms with Gasteiger partial charge in [-0.3, -0.25) is 0 Å². The number of benzene rings is 2. The Morgan fingerprint density at radius 2 is 1.60 bits per heavy atom. The largest absolute Gasteiger partial charge is 0.215 e. The number of rotatable bonds is 8. The van der Waals surface area contributed by atoms with E-state index in [2.05, 4.69) is 4.72 Å². The predicted molar refractivity (Wildman–Crippen MR) is 110 cm³/mol. The Kier molecular flexibility index (Phi) is 8.21. The van der Waals surface area contributed by atoms with Gasteiger partial charge in [-0.2, -0.15) is 11.8 Å². The van der Waals surface area contributed by atoms with Crippen LogP contribution in [-0.2, 0) is 21.5 Å². The molecule has 2 aromatic carbocycles. The monoisotopic (exact) mass is 457 g/mol. The lowest BCUT2D eigenvalue weighted by Gasteiger charge is -2.09. The molecule has 0 aliphatic rings. The fraction of sp³-hybridized carbons (Fsp3) is 0.250. The average molecular weight is 459 g/mol. The summed E-state index contributed by atoms with van der Waals surface area (Å²) in [5, 5.41) is 1.71. The summed E-state index contributed by atoms with van der Waals surface area (Å²) in [5.41, 5.74) is 1.44. The van der Waals surface area contributed by atoms with Crippen LogP contribution in [0.15, 0.2) is 36.4 Å². The van der Waals surface area contributed by atoms with Crippen LogP contribution in [0.25, 0.3) is 0 Å². The molecule has 0 spiro atoms. The summed E-state index contributed by atoms with van der Waals surface area (Å²) in [7, 11) is -3.51. The number of sulfonamides is 1. The lowest BCUT2D eigenvalue weighted by molar-refractivity contribution is 0.583. The van der Waals surface area contributed by atoms with E-state index in [1.807, 2.05) is 6.07 Å². The van der Waals surface area contributed by atoms with Crippen LogP contribution < -0.4 is 4.72 Å². The third-order valence-electron chi connectivity index (χ3n) is 3.22. The summed E-state index contributed by atoms with van der Waals surface area (Å²) in [6.07, 6.45) is 0. The Morgan fingerprint density at radius 3 is 2.24 bits per heavy atom. The number of nitrogens with one attached hydrogen (secondary N) is 1. The van der Waals surface area contributed by atoms with Crippen LogP contribution in [0, 0.1) is 0 Å². The fourth-order valence-electron chi connectivity index (χ4n) is 2.00. The molecule has 2 aromatic rings. The van der Waals surface area contributed by atoms with Gasteiger partial charge in [0.1, 0.15) is 0 Å². The van der Waals surface area contributed by atoms with Gasteiger partial charge in [0, 0.05) is 33.7 Å². The molecule has 0 aliphatic carbocycles. The zero-order valence-electron chi connectivity index (χ0n) is 12.9. The fourth-order valence-corrected chi connectivity index (χ4v) is 5.15. The van der Waals surface area contributed by atoms with Crippen LogP contribution in [0.1, 0.15) is 11.1 Å². The van der Waals surface area contributed by atoms with Crippen LogP contribution in [-0.4, -0.2) is 20.7 Å². The summed E-state index contributed by atoms with van der Waals surface area (Å²) < 4.78 is 26.9. The van der Waals surface area contributed by atoms with Gasteiger partial charge in [0.2, 0.25) is 10.0 Å². The molecule has 2 rings (SSSR count). The summed E-state index contributed by atoms with van der Waals surface area (Å²) >= 11 is 25.4. The van der Waals surface area contributed by atoms with E-state index in [9.17, 15) is 8.42 Å². The number of halogens is 4. The molecule has 0 atom stereocenters. The second kappa shape index (κ2) is 9.70. The number of hydrogen-bond acceptors (Lipinski definition) is 3. The maximum absolute atomic E-state index is 12.1. The van der Waals surface area contributed by atoms with Gasteiger partial charge in [0.05, 0.1) is 15.8 Å². The van der Waals surface area contributed by atoms with Crippen LogP contribution >= 0.6 is 58.2 Å². The highest BCUT2D eigenvalue weighted by Gasteiger charge is 2.16. The van der Waals surface area contributed by atoms with Gasteiger partial charge in [0.25, 0.3) is 0 Å². The van der Waals surface area contributed by atoms with Gasteiger partial charge in [-0.1, -0.05) is 58.5 Å². The van der Waals surface area contributed by atoms with Crippen molar-refractivity contribution < 1.29 is 8.42 Å². The number of thioether (sulfide) groups is 1. The molecule has 9 heteroatoms. The van der Waals surface area contributed by atoms with Crippen molar-refractivity contribution in [2.45, 2.75) is 11.5 Å². The first-order chi connectivity index (χ1) is 11.8. The minimum atomic E-state index is -3.51. The van der Waals surface area contributed by atoms with E-state index in [1.165, 1.54) is 0 Å². The van der Waals surface area contributed by atoms with E-state index in [4.69, 9.17) is 46.4 Å². The summed E-state index contributed by atoms with van der Waals surface area (Å²) in [4.78, 5) is 0. The van der Waals surface area contributed by atoms with E-state index in [1.54, 1.807) is 42.1 Å². The van der Waals surface area contributed by atoms with Gasteiger partial charge in [-0.05, 0) is 29.8 Å². The van der Waals surface area contributed by atoms with Crippen molar-refractivity contribution in [2.75, 3.05) is 12.3 Å². The zero-order chi connectivity index (χ0) is 18.4. The Balaban J connectivity index is 1.79. The quantitative estimate of drug-likeness (QED) is 0.519. The molecule has 1 N–H and O–H groups in total. The van der Waals surface area contributed by atoms with Gasteiger partial charge < -0.3 is 0 Å². The molecular weight excluding hydrogens is 444 g/mol. The normalized spacial score (nSPS) is 11.7. The maximum Gasteiger partial charge on any atom is 0.215 e. The molecule has 0 saturated carbocycles. The lowest BCUT2D eigenvalue weighted by atomic mass is 10.2. The zero-order valence-corrected chi connectivity index (χ0v) is 17.6. The Labute approximate surface area is 172 Å². The van der Waals surface area contributed by atoms with Crippen molar-refractivity contribution in [3.05, 3.63) is 67.6 Å². The van der Waals surface area contributed by atoms with Crippen molar-refractivity contribution in [3.63, 3.8) is 0 Å². The van der Waals surface area contributed by atoms with Crippen LogP contribution in [0.3, 0.4) is 0 Å². The molecular formula is C16H15Cl4NO2S2. The molecule has 0 amide bonds. The lowest BCUT2D eigenvalue weighted by Crippen LogP contribution is -2.27. The third-order valence-corrected chi connectivity index (χ3v) is 7.01. The summed E-state index contributed by atoms with van der Waals surface area (Å²) in [6, 6.07) is 10.4. The van der Waals surface area contributed by atoms with E-state index >= 15 is 0 Å². The van der Waals surface area contributed by atoms with Crippen LogP contribution in [0.4, 0.5) is 0 Å². The molecule has 0 radical (unpaired) electrons. The molecule has 0 aliphatic heterocycles. The standard InChI is InChI=1S/C16H15Cl4NO2S2/c17-13-2-1-3-14(18)12(13)10-25(22,23)21-6-7-24-9-11-4-5-15(19)16(20)8-11/h1-5,8,21H,6-7,9-10H2. The molecule has 0 bridgehead atoms. The van der Waals surface area contributed by atoms with Crippen LogP contribution in [0.5, 0.6) is 0 Å². The summed E-state index contributed by atoms with van der Waals surface area (Å²) in [6.45, 7) is 0.316. The second-order valence-electron chi connectivity index (χ2n) is 5.15. The molecule has 25 heavy (non-hydrogen) atoms. The van der Waals surface area contributed by atoms with E-state index in [0.717, 1.165) is 11.3 Å². The maximum atomic E-state index is 12.1. The Morgan fingerprint density at radius 1 is 0.920 bits per heavy atom. The first-order valence-electron chi connectivity index (χ1n) is 7.20. The molecule has 0 unspecified atom stereocenters. The highest BCUT2D eigenvalue weighted by atomic mass is 35.5. The minimum Gasteiger partial charge on any atom is -0.214 e. The molecule has 136 valence electrons. The first-order valence-corrected chi connectivity index (χ1v) is 11.5. The SMILES string of the molecule is O=S(=O)(Cc1c(Cl)cccc1Cl)NCCSCc1ccc(Cl)c(Cl)c1. The van der Waals surface area contributed by atoms with Gasteiger partial charge in [-0.25, -0.2) is 13.1 Å². The van der Waals surface area contributed by atoms with Crippen molar-refractivity contribution >= 4 is 68.2 Å². The Hall–Kier alpha value is -0.140. The second-order valence-corrected chi connectivity index (χ2v) is 9.70. The minimum absolute atomic E-state index is 0.247.